The third kappa shape index (κ3) is 5.05. The van der Waals surface area contributed by atoms with Crippen molar-refractivity contribution in [2.24, 2.45) is 0 Å². The van der Waals surface area contributed by atoms with Gasteiger partial charge in [0, 0.05) is 13.6 Å². The Bertz CT molecular complexity index is 429. The summed E-state index contributed by atoms with van der Waals surface area (Å²) in [5, 5.41) is 11.4. The number of para-hydroxylation sites is 1. The van der Waals surface area contributed by atoms with Crippen LogP contribution >= 0.6 is 0 Å². The summed E-state index contributed by atoms with van der Waals surface area (Å²) in [6.07, 6.45) is 0.330. The molecule has 0 aliphatic heterocycles. The third-order valence-electron chi connectivity index (χ3n) is 2.85. The number of urea groups is 1. The Hall–Kier alpha value is -1.82. The molecule has 0 saturated heterocycles. The number of amides is 2. The van der Waals surface area contributed by atoms with Crippen molar-refractivity contribution in [1.82, 2.24) is 10.2 Å². The smallest absolute Gasteiger partial charge is 0.317 e. The van der Waals surface area contributed by atoms with Gasteiger partial charge < -0.3 is 20.1 Å². The van der Waals surface area contributed by atoms with E-state index in [0.29, 0.717) is 6.42 Å². The summed E-state index contributed by atoms with van der Waals surface area (Å²) in [6.45, 7) is 2.35. The number of aliphatic hydroxyl groups is 1. The maximum atomic E-state index is 13.5. The number of nitrogens with zero attached hydrogens (tertiary/aromatic N) is 1. The summed E-state index contributed by atoms with van der Waals surface area (Å²) >= 11 is 0. The van der Waals surface area contributed by atoms with E-state index in [0.717, 1.165) is 0 Å². The van der Waals surface area contributed by atoms with E-state index in [9.17, 15) is 9.18 Å². The fourth-order valence-corrected chi connectivity index (χ4v) is 1.58. The molecule has 0 saturated carbocycles. The molecule has 1 aromatic carbocycles. The molecule has 5 nitrogen and oxygen atoms in total. The van der Waals surface area contributed by atoms with Gasteiger partial charge in [-0.3, -0.25) is 0 Å². The normalized spacial score (nSPS) is 11.8. The Morgan fingerprint density at radius 2 is 2.20 bits per heavy atom. The number of likely N-dealkylation sites (N-methyl/N-ethyl adjacent to an activating group) is 1. The molecule has 0 aliphatic carbocycles. The van der Waals surface area contributed by atoms with Gasteiger partial charge in [-0.15, -0.1) is 0 Å². The molecular weight excluding hydrogens is 263 g/mol. The van der Waals surface area contributed by atoms with Crippen molar-refractivity contribution < 1.29 is 19.0 Å². The molecule has 2 amide bonds. The van der Waals surface area contributed by atoms with E-state index in [4.69, 9.17) is 9.84 Å². The van der Waals surface area contributed by atoms with Gasteiger partial charge in [0.2, 0.25) is 0 Å². The first kappa shape index (κ1) is 16.2. The second-order valence-electron chi connectivity index (χ2n) is 4.41. The standard InChI is InChI=1S/C14H21FN2O3/c1-3-11(10-16-14(19)17(2)8-9-18)20-13-7-5-4-6-12(13)15/h4-7,11,18H,3,8-10H2,1-2H3,(H,16,19). The molecule has 0 aliphatic rings. The molecule has 0 aromatic heterocycles. The van der Waals surface area contributed by atoms with E-state index in [2.05, 4.69) is 5.32 Å². The molecule has 0 heterocycles. The highest BCUT2D eigenvalue weighted by atomic mass is 19.1. The fraction of sp³-hybridized carbons (Fsp3) is 0.500. The van der Waals surface area contributed by atoms with E-state index in [1.165, 1.54) is 11.0 Å². The number of aliphatic hydroxyl groups excluding tert-OH is 1. The Morgan fingerprint density at radius 3 is 2.80 bits per heavy atom. The molecule has 1 unspecified atom stereocenters. The summed E-state index contributed by atoms with van der Waals surface area (Å²) in [6, 6.07) is 5.87. The van der Waals surface area contributed by atoms with Gasteiger partial charge in [0.15, 0.2) is 11.6 Å². The van der Waals surface area contributed by atoms with Crippen molar-refractivity contribution >= 4 is 6.03 Å². The molecular formula is C14H21FN2O3. The lowest BCUT2D eigenvalue weighted by Crippen LogP contribution is -2.43. The largest absolute Gasteiger partial charge is 0.486 e. The topological polar surface area (TPSA) is 61.8 Å². The molecule has 0 radical (unpaired) electrons. The van der Waals surface area contributed by atoms with Crippen LogP contribution in [0.3, 0.4) is 0 Å². The monoisotopic (exact) mass is 284 g/mol. The lowest BCUT2D eigenvalue weighted by molar-refractivity contribution is 0.167. The highest BCUT2D eigenvalue weighted by Gasteiger charge is 2.14. The van der Waals surface area contributed by atoms with Gasteiger partial charge in [0.25, 0.3) is 0 Å². The van der Waals surface area contributed by atoms with Crippen LogP contribution in [0.1, 0.15) is 13.3 Å². The van der Waals surface area contributed by atoms with Crippen molar-refractivity contribution in [3.63, 3.8) is 0 Å². The van der Waals surface area contributed by atoms with Crippen molar-refractivity contribution in [2.45, 2.75) is 19.4 Å². The van der Waals surface area contributed by atoms with Gasteiger partial charge in [0.1, 0.15) is 6.10 Å². The zero-order valence-corrected chi connectivity index (χ0v) is 11.8. The van der Waals surface area contributed by atoms with E-state index in [-0.39, 0.29) is 37.6 Å². The minimum atomic E-state index is -0.422. The Morgan fingerprint density at radius 1 is 1.50 bits per heavy atom. The summed E-state index contributed by atoms with van der Waals surface area (Å²) in [5.74, 6) is -0.244. The van der Waals surface area contributed by atoms with Crippen molar-refractivity contribution in [3.8, 4) is 5.75 Å². The molecule has 0 spiro atoms. The maximum Gasteiger partial charge on any atom is 0.317 e. The Labute approximate surface area is 118 Å². The number of rotatable bonds is 7. The van der Waals surface area contributed by atoms with Crippen LogP contribution in [0.2, 0.25) is 0 Å². The average Bonchev–Trinajstić information content (AvgIpc) is 2.45. The van der Waals surface area contributed by atoms with Crippen LogP contribution in [-0.2, 0) is 0 Å². The minimum absolute atomic E-state index is 0.0904. The SMILES string of the molecule is CCC(CNC(=O)N(C)CCO)Oc1ccccc1F. The molecule has 112 valence electrons. The summed E-state index contributed by atoms with van der Waals surface area (Å²) in [7, 11) is 1.59. The van der Waals surface area contributed by atoms with Gasteiger partial charge in [-0.2, -0.15) is 0 Å². The first-order valence-electron chi connectivity index (χ1n) is 6.59. The predicted molar refractivity (Wildman–Crippen MR) is 74.2 cm³/mol. The molecule has 20 heavy (non-hydrogen) atoms. The number of hydrogen-bond acceptors (Lipinski definition) is 3. The number of carbonyl (C=O) groups is 1. The van der Waals surface area contributed by atoms with Crippen molar-refractivity contribution in [3.05, 3.63) is 30.1 Å². The highest BCUT2D eigenvalue weighted by molar-refractivity contribution is 5.73. The fourth-order valence-electron chi connectivity index (χ4n) is 1.58. The van der Waals surface area contributed by atoms with Crippen molar-refractivity contribution in [2.75, 3.05) is 26.7 Å². The summed E-state index contributed by atoms with van der Waals surface area (Å²) in [4.78, 5) is 13.0. The first-order chi connectivity index (χ1) is 9.58. The van der Waals surface area contributed by atoms with Gasteiger partial charge in [-0.25, -0.2) is 9.18 Å². The molecule has 0 fully saturated rings. The van der Waals surface area contributed by atoms with Crippen LogP contribution in [0.15, 0.2) is 24.3 Å². The molecule has 0 bridgehead atoms. The maximum absolute atomic E-state index is 13.5. The lowest BCUT2D eigenvalue weighted by atomic mass is 10.2. The molecule has 6 heteroatoms. The van der Waals surface area contributed by atoms with Gasteiger partial charge in [0.05, 0.1) is 13.2 Å². The van der Waals surface area contributed by atoms with Crippen LogP contribution in [0.5, 0.6) is 5.75 Å². The minimum Gasteiger partial charge on any atom is -0.486 e. The van der Waals surface area contributed by atoms with Crippen LogP contribution in [0.4, 0.5) is 9.18 Å². The van der Waals surface area contributed by atoms with Crippen LogP contribution < -0.4 is 10.1 Å². The summed E-state index contributed by atoms with van der Waals surface area (Å²) in [5.41, 5.74) is 0. The zero-order chi connectivity index (χ0) is 15.0. The van der Waals surface area contributed by atoms with E-state index in [1.54, 1.807) is 25.2 Å². The van der Waals surface area contributed by atoms with E-state index in [1.807, 2.05) is 6.92 Å². The molecule has 1 atom stereocenters. The first-order valence-corrected chi connectivity index (χ1v) is 6.59. The second kappa shape index (κ2) is 8.37. The highest BCUT2D eigenvalue weighted by Crippen LogP contribution is 2.17. The molecule has 1 rings (SSSR count). The number of ether oxygens (including phenoxy) is 1. The quantitative estimate of drug-likeness (QED) is 0.800. The van der Waals surface area contributed by atoms with Crippen LogP contribution in [0.25, 0.3) is 0 Å². The molecule has 1 aromatic rings. The van der Waals surface area contributed by atoms with Gasteiger partial charge in [-0.05, 0) is 18.6 Å². The second-order valence-corrected chi connectivity index (χ2v) is 4.41. The van der Waals surface area contributed by atoms with Crippen LogP contribution in [0, 0.1) is 5.82 Å². The van der Waals surface area contributed by atoms with E-state index >= 15 is 0 Å². The Kier molecular flexibility index (Phi) is 6.79. The number of nitrogens with one attached hydrogen (secondary N) is 1. The van der Waals surface area contributed by atoms with Crippen molar-refractivity contribution in [1.29, 1.82) is 0 Å². The Balaban J connectivity index is 2.48. The summed E-state index contributed by atoms with van der Waals surface area (Å²) < 4.78 is 19.0. The zero-order valence-electron chi connectivity index (χ0n) is 11.8. The van der Waals surface area contributed by atoms with Gasteiger partial charge in [-0.1, -0.05) is 19.1 Å². The average molecular weight is 284 g/mol. The lowest BCUT2D eigenvalue weighted by Gasteiger charge is -2.21. The number of halogens is 1. The molecule has 2 N–H and O–H groups in total. The van der Waals surface area contributed by atoms with Crippen LogP contribution in [-0.4, -0.2) is 48.9 Å². The number of carbonyl (C=O) groups excluding carboxylic acids is 1. The predicted octanol–water partition coefficient (Wildman–Crippen LogP) is 1.62. The van der Waals surface area contributed by atoms with E-state index < -0.39 is 5.82 Å². The number of benzene rings is 1. The third-order valence-corrected chi connectivity index (χ3v) is 2.85. The van der Waals surface area contributed by atoms with Gasteiger partial charge >= 0.3 is 6.03 Å². The number of hydrogen-bond donors (Lipinski definition) is 2.